The average molecular weight is 282 g/mol. The van der Waals surface area contributed by atoms with Gasteiger partial charge in [-0.1, -0.05) is 17.3 Å². The number of nitrogens with one attached hydrogen (secondary N) is 1. The molecule has 1 fully saturated rings. The van der Waals surface area contributed by atoms with Crippen LogP contribution in [-0.2, 0) is 6.42 Å². The number of methoxy groups -OCH3 is 1. The summed E-state index contributed by atoms with van der Waals surface area (Å²) in [6.45, 7) is 1.87. The summed E-state index contributed by atoms with van der Waals surface area (Å²) in [6, 6.07) is 7.90. The van der Waals surface area contributed by atoms with Crippen molar-refractivity contribution in [1.82, 2.24) is 15.5 Å². The average Bonchev–Trinajstić information content (AvgIpc) is 2.76. The lowest BCUT2D eigenvalue weighted by molar-refractivity contribution is 0.306. The summed E-state index contributed by atoms with van der Waals surface area (Å²) in [5, 5.41) is 7.20. The second kappa shape index (κ2) is 6.04. The molecular formula is C13H16ClN3O2. The SMILES string of the molecule is COc1ccc(Cc2noc(C3CNC3)n2)cc1.Cl. The molecule has 19 heavy (non-hydrogen) atoms. The van der Waals surface area contributed by atoms with Crippen molar-refractivity contribution in [3.8, 4) is 5.75 Å². The van der Waals surface area contributed by atoms with Crippen LogP contribution >= 0.6 is 12.4 Å². The van der Waals surface area contributed by atoms with Gasteiger partial charge in [0, 0.05) is 19.5 Å². The number of hydrogen-bond donors (Lipinski definition) is 1. The van der Waals surface area contributed by atoms with E-state index in [2.05, 4.69) is 15.5 Å². The Morgan fingerprint density at radius 1 is 1.32 bits per heavy atom. The third-order valence-electron chi connectivity index (χ3n) is 3.14. The Hall–Kier alpha value is -1.59. The third-order valence-corrected chi connectivity index (χ3v) is 3.14. The van der Waals surface area contributed by atoms with Crippen LogP contribution in [0.5, 0.6) is 5.75 Å². The Balaban J connectivity index is 0.00000133. The molecule has 1 aliphatic rings. The number of halogens is 1. The van der Waals surface area contributed by atoms with Crippen molar-refractivity contribution >= 4 is 12.4 Å². The van der Waals surface area contributed by atoms with Gasteiger partial charge in [0.1, 0.15) is 5.75 Å². The van der Waals surface area contributed by atoms with Crippen LogP contribution in [-0.4, -0.2) is 30.3 Å². The molecule has 102 valence electrons. The Labute approximate surface area is 117 Å². The minimum atomic E-state index is 0. The fourth-order valence-corrected chi connectivity index (χ4v) is 1.89. The molecule has 1 aliphatic heterocycles. The smallest absolute Gasteiger partial charge is 0.232 e. The van der Waals surface area contributed by atoms with Gasteiger partial charge in [-0.15, -0.1) is 12.4 Å². The third kappa shape index (κ3) is 3.05. The Bertz CT molecular complexity index is 523. The van der Waals surface area contributed by atoms with E-state index in [1.807, 2.05) is 24.3 Å². The molecule has 1 aromatic heterocycles. The molecule has 1 saturated heterocycles. The van der Waals surface area contributed by atoms with Crippen LogP contribution in [0.3, 0.4) is 0 Å². The maximum absolute atomic E-state index is 5.26. The van der Waals surface area contributed by atoms with Crippen molar-refractivity contribution in [1.29, 1.82) is 0 Å². The van der Waals surface area contributed by atoms with E-state index in [-0.39, 0.29) is 12.4 Å². The molecule has 3 rings (SSSR count). The highest BCUT2D eigenvalue weighted by atomic mass is 35.5. The molecule has 0 radical (unpaired) electrons. The van der Waals surface area contributed by atoms with Gasteiger partial charge in [0.05, 0.1) is 13.0 Å². The molecule has 1 N–H and O–H groups in total. The van der Waals surface area contributed by atoms with Crippen LogP contribution < -0.4 is 10.1 Å². The fraction of sp³-hybridized carbons (Fsp3) is 0.385. The van der Waals surface area contributed by atoms with Crippen LogP contribution in [0.25, 0.3) is 0 Å². The number of nitrogens with zero attached hydrogens (tertiary/aromatic N) is 2. The summed E-state index contributed by atoms with van der Waals surface area (Å²) in [5.41, 5.74) is 1.15. The van der Waals surface area contributed by atoms with Crippen molar-refractivity contribution in [2.45, 2.75) is 12.3 Å². The fourth-order valence-electron chi connectivity index (χ4n) is 1.89. The molecule has 2 aromatic rings. The van der Waals surface area contributed by atoms with E-state index in [0.717, 1.165) is 36.1 Å². The molecule has 0 bridgehead atoms. The monoisotopic (exact) mass is 281 g/mol. The maximum atomic E-state index is 5.26. The number of aromatic nitrogens is 2. The quantitative estimate of drug-likeness (QED) is 0.926. The zero-order chi connectivity index (χ0) is 12.4. The molecule has 1 aromatic carbocycles. The van der Waals surface area contributed by atoms with Crippen LogP contribution in [0.2, 0.25) is 0 Å². The number of hydrogen-bond acceptors (Lipinski definition) is 5. The predicted molar refractivity (Wildman–Crippen MR) is 73.0 cm³/mol. The lowest BCUT2D eigenvalue weighted by Gasteiger charge is -2.22. The minimum Gasteiger partial charge on any atom is -0.497 e. The van der Waals surface area contributed by atoms with E-state index < -0.39 is 0 Å². The van der Waals surface area contributed by atoms with Crippen LogP contribution in [0, 0.1) is 0 Å². The van der Waals surface area contributed by atoms with Crippen molar-refractivity contribution < 1.29 is 9.26 Å². The predicted octanol–water partition coefficient (Wildman–Crippen LogP) is 1.78. The van der Waals surface area contributed by atoms with Gasteiger partial charge in [0.25, 0.3) is 0 Å². The molecule has 6 heteroatoms. The molecule has 2 heterocycles. The van der Waals surface area contributed by atoms with E-state index >= 15 is 0 Å². The number of rotatable bonds is 4. The maximum Gasteiger partial charge on any atom is 0.232 e. The van der Waals surface area contributed by atoms with Crippen LogP contribution in [0.15, 0.2) is 28.8 Å². The molecular weight excluding hydrogens is 266 g/mol. The highest BCUT2D eigenvalue weighted by molar-refractivity contribution is 5.85. The first-order valence-corrected chi connectivity index (χ1v) is 6.01. The highest BCUT2D eigenvalue weighted by Gasteiger charge is 2.24. The minimum absolute atomic E-state index is 0. The first-order valence-electron chi connectivity index (χ1n) is 6.01. The van der Waals surface area contributed by atoms with Gasteiger partial charge < -0.3 is 14.6 Å². The van der Waals surface area contributed by atoms with E-state index in [9.17, 15) is 0 Å². The van der Waals surface area contributed by atoms with Crippen molar-refractivity contribution in [3.63, 3.8) is 0 Å². The van der Waals surface area contributed by atoms with Gasteiger partial charge in [-0.3, -0.25) is 0 Å². The first kappa shape index (κ1) is 13.8. The summed E-state index contributed by atoms with van der Waals surface area (Å²) >= 11 is 0. The second-order valence-corrected chi connectivity index (χ2v) is 4.43. The number of benzene rings is 1. The second-order valence-electron chi connectivity index (χ2n) is 4.43. The molecule has 0 unspecified atom stereocenters. The van der Waals surface area contributed by atoms with Gasteiger partial charge in [-0.2, -0.15) is 4.98 Å². The highest BCUT2D eigenvalue weighted by Crippen LogP contribution is 2.19. The zero-order valence-electron chi connectivity index (χ0n) is 10.6. The van der Waals surface area contributed by atoms with Gasteiger partial charge in [0.2, 0.25) is 5.89 Å². The van der Waals surface area contributed by atoms with Gasteiger partial charge in [-0.05, 0) is 17.7 Å². The molecule has 0 spiro atoms. The largest absolute Gasteiger partial charge is 0.497 e. The van der Waals surface area contributed by atoms with Crippen molar-refractivity contribution in [2.75, 3.05) is 20.2 Å². The zero-order valence-corrected chi connectivity index (χ0v) is 11.4. The molecule has 0 aliphatic carbocycles. The lowest BCUT2D eigenvalue weighted by atomic mass is 10.0. The van der Waals surface area contributed by atoms with Crippen molar-refractivity contribution in [2.24, 2.45) is 0 Å². The molecule has 0 atom stereocenters. The molecule has 0 amide bonds. The summed E-state index contributed by atoms with van der Waals surface area (Å²) in [4.78, 5) is 4.42. The molecule has 5 nitrogen and oxygen atoms in total. The summed E-state index contributed by atoms with van der Waals surface area (Å²) in [7, 11) is 1.66. The van der Waals surface area contributed by atoms with Gasteiger partial charge >= 0.3 is 0 Å². The summed E-state index contributed by atoms with van der Waals surface area (Å²) in [5.74, 6) is 2.73. The standard InChI is InChI=1S/C13H15N3O2.ClH/c1-17-11-4-2-9(3-5-11)6-12-15-13(18-16-12)10-7-14-8-10;/h2-5,10,14H,6-8H2,1H3;1H. The van der Waals surface area contributed by atoms with Crippen molar-refractivity contribution in [3.05, 3.63) is 41.5 Å². The van der Waals surface area contributed by atoms with E-state index in [4.69, 9.17) is 9.26 Å². The first-order chi connectivity index (χ1) is 8.85. The molecule has 0 saturated carbocycles. The normalized spacial score (nSPS) is 14.6. The number of ether oxygens (including phenoxy) is 1. The Kier molecular flexibility index (Phi) is 4.39. The Morgan fingerprint density at radius 3 is 2.63 bits per heavy atom. The van der Waals surface area contributed by atoms with Crippen LogP contribution in [0.1, 0.15) is 23.2 Å². The Morgan fingerprint density at radius 2 is 2.05 bits per heavy atom. The van der Waals surface area contributed by atoms with Gasteiger partial charge in [0.15, 0.2) is 5.82 Å². The van der Waals surface area contributed by atoms with E-state index in [1.54, 1.807) is 7.11 Å². The summed E-state index contributed by atoms with van der Waals surface area (Å²) in [6.07, 6.45) is 0.688. The summed E-state index contributed by atoms with van der Waals surface area (Å²) < 4.78 is 10.4. The van der Waals surface area contributed by atoms with E-state index in [1.165, 1.54) is 0 Å². The van der Waals surface area contributed by atoms with Gasteiger partial charge in [-0.25, -0.2) is 0 Å². The lowest BCUT2D eigenvalue weighted by Crippen LogP contribution is -2.40. The topological polar surface area (TPSA) is 60.2 Å². The van der Waals surface area contributed by atoms with Crippen LogP contribution in [0.4, 0.5) is 0 Å². The van der Waals surface area contributed by atoms with E-state index in [0.29, 0.717) is 12.3 Å².